The van der Waals surface area contributed by atoms with Gasteiger partial charge in [0.2, 0.25) is 0 Å². The first kappa shape index (κ1) is 21.3. The largest absolute Gasteiger partial charge is 0.459 e. The van der Waals surface area contributed by atoms with E-state index < -0.39 is 0 Å². The Morgan fingerprint density at radius 1 is 1.13 bits per heavy atom. The topological polar surface area (TPSA) is 92.4 Å². The van der Waals surface area contributed by atoms with Crippen LogP contribution in [0.25, 0.3) is 0 Å². The number of rotatable bonds is 9. The van der Waals surface area contributed by atoms with E-state index in [1.807, 2.05) is 17.8 Å². The maximum absolute atomic E-state index is 12.7. The second-order valence-electron chi connectivity index (χ2n) is 6.93. The zero-order valence-electron chi connectivity index (χ0n) is 17.5. The van der Waals surface area contributed by atoms with Crippen LogP contribution in [0.2, 0.25) is 0 Å². The van der Waals surface area contributed by atoms with Gasteiger partial charge in [0, 0.05) is 24.0 Å². The molecule has 1 aromatic carbocycles. The molecule has 3 aromatic rings. The Hall–Kier alpha value is -3.39. The van der Waals surface area contributed by atoms with E-state index in [1.54, 1.807) is 36.5 Å². The van der Waals surface area contributed by atoms with E-state index in [1.165, 1.54) is 6.26 Å². The van der Waals surface area contributed by atoms with Crippen molar-refractivity contribution in [1.29, 1.82) is 0 Å². The second-order valence-corrected chi connectivity index (χ2v) is 6.93. The zero-order chi connectivity index (χ0) is 21.5. The summed E-state index contributed by atoms with van der Waals surface area (Å²) in [6.07, 6.45) is 4.89. The molecule has 3 rings (SSSR count). The summed E-state index contributed by atoms with van der Waals surface area (Å²) in [5, 5.41) is 9.95. The summed E-state index contributed by atoms with van der Waals surface area (Å²) in [4.78, 5) is 27.2. The average Bonchev–Trinajstić information content (AvgIpc) is 3.42. The van der Waals surface area contributed by atoms with E-state index >= 15 is 0 Å². The van der Waals surface area contributed by atoms with Gasteiger partial charge in [0.15, 0.2) is 5.76 Å². The molecule has 2 N–H and O–H groups in total. The molecular weight excluding hydrogens is 382 g/mol. The number of hydrogen-bond acceptors (Lipinski definition) is 5. The number of aromatic nitrogens is 2. The molecule has 0 radical (unpaired) electrons. The molecule has 2 aromatic heterocycles. The van der Waals surface area contributed by atoms with Gasteiger partial charge in [0.1, 0.15) is 0 Å². The molecule has 0 aliphatic carbocycles. The molecule has 158 valence electrons. The second kappa shape index (κ2) is 9.89. The number of furan rings is 1. The van der Waals surface area contributed by atoms with Crippen LogP contribution < -0.4 is 10.6 Å². The summed E-state index contributed by atoms with van der Waals surface area (Å²) in [6, 6.07) is 8.39. The highest BCUT2D eigenvalue weighted by atomic mass is 16.3. The number of likely N-dealkylation sites (N-methyl/N-ethyl adjacent to an activating group) is 1. The van der Waals surface area contributed by atoms with Gasteiger partial charge in [-0.05, 0) is 49.8 Å². The van der Waals surface area contributed by atoms with Gasteiger partial charge in [-0.3, -0.25) is 14.3 Å². The molecule has 0 aliphatic rings. The third kappa shape index (κ3) is 5.36. The maximum atomic E-state index is 12.7. The summed E-state index contributed by atoms with van der Waals surface area (Å²) in [7, 11) is 0. The summed E-state index contributed by atoms with van der Waals surface area (Å²) >= 11 is 0. The van der Waals surface area contributed by atoms with Gasteiger partial charge in [-0.25, -0.2) is 0 Å². The monoisotopic (exact) mass is 409 g/mol. The summed E-state index contributed by atoms with van der Waals surface area (Å²) in [5.74, 6) is -0.427. The van der Waals surface area contributed by atoms with Gasteiger partial charge in [0.25, 0.3) is 11.8 Å². The highest BCUT2D eigenvalue weighted by Crippen LogP contribution is 2.19. The quantitative estimate of drug-likeness (QED) is 0.563. The van der Waals surface area contributed by atoms with Crippen molar-refractivity contribution >= 4 is 23.2 Å². The molecule has 8 heteroatoms. The Morgan fingerprint density at radius 2 is 1.93 bits per heavy atom. The fraction of sp³-hybridized carbons (Fsp3) is 0.318. The number of anilines is 2. The number of hydrogen-bond donors (Lipinski definition) is 2. The van der Waals surface area contributed by atoms with Crippen LogP contribution in [0.4, 0.5) is 11.4 Å². The Kier molecular flexibility index (Phi) is 7.03. The van der Waals surface area contributed by atoms with E-state index in [4.69, 9.17) is 4.42 Å². The van der Waals surface area contributed by atoms with E-state index in [9.17, 15) is 9.59 Å². The Balaban J connectivity index is 1.64. The van der Waals surface area contributed by atoms with E-state index in [0.29, 0.717) is 16.9 Å². The summed E-state index contributed by atoms with van der Waals surface area (Å²) in [5.41, 5.74) is 2.46. The van der Waals surface area contributed by atoms with Crippen molar-refractivity contribution in [3.8, 4) is 0 Å². The lowest BCUT2D eigenvalue weighted by Crippen LogP contribution is -2.27. The highest BCUT2D eigenvalue weighted by Gasteiger charge is 2.14. The summed E-state index contributed by atoms with van der Waals surface area (Å²) < 4.78 is 6.93. The Labute approximate surface area is 175 Å². The number of aryl methyl sites for hydroxylation is 1. The van der Waals surface area contributed by atoms with Gasteiger partial charge in [0.05, 0.1) is 24.7 Å². The Bertz CT molecular complexity index is 990. The molecule has 0 fully saturated rings. The van der Waals surface area contributed by atoms with E-state index in [-0.39, 0.29) is 17.6 Å². The summed E-state index contributed by atoms with van der Waals surface area (Å²) in [6.45, 7) is 9.76. The molecule has 8 nitrogen and oxygen atoms in total. The van der Waals surface area contributed by atoms with Gasteiger partial charge >= 0.3 is 0 Å². The van der Waals surface area contributed by atoms with Crippen molar-refractivity contribution in [3.05, 3.63) is 65.9 Å². The van der Waals surface area contributed by atoms with E-state index in [2.05, 4.69) is 34.5 Å². The molecule has 0 aliphatic heterocycles. The van der Waals surface area contributed by atoms with Crippen LogP contribution in [-0.4, -0.2) is 46.1 Å². The molecular formula is C22H27N5O3. The highest BCUT2D eigenvalue weighted by molar-refractivity contribution is 6.07. The standard InChI is InChI=1S/C22H27N5O3/c1-4-26(5-2)10-11-27-15-18(14-23-27)24-21(28)17-9-8-16(3)19(13-17)25-22(29)20-7-6-12-30-20/h6-9,12-15H,4-5,10-11H2,1-3H3,(H,24,28)(H,25,29). The minimum atomic E-state index is -0.366. The van der Waals surface area contributed by atoms with Crippen LogP contribution in [0.3, 0.4) is 0 Å². The van der Waals surface area contributed by atoms with Crippen LogP contribution in [0.5, 0.6) is 0 Å². The van der Waals surface area contributed by atoms with Crippen molar-refractivity contribution < 1.29 is 14.0 Å². The SMILES string of the molecule is CCN(CC)CCn1cc(NC(=O)c2ccc(C)c(NC(=O)c3ccco3)c2)cn1. The molecule has 2 heterocycles. The van der Waals surface area contributed by atoms with Crippen LogP contribution in [0, 0.1) is 6.92 Å². The maximum Gasteiger partial charge on any atom is 0.291 e. The first-order valence-corrected chi connectivity index (χ1v) is 10.0. The van der Waals surface area contributed by atoms with E-state index in [0.717, 1.165) is 31.7 Å². The minimum absolute atomic E-state index is 0.210. The van der Waals surface area contributed by atoms with Gasteiger partial charge < -0.3 is 20.0 Å². The number of benzene rings is 1. The molecule has 0 saturated carbocycles. The average molecular weight is 409 g/mol. The van der Waals surface area contributed by atoms with Crippen molar-refractivity contribution in [1.82, 2.24) is 14.7 Å². The fourth-order valence-corrected chi connectivity index (χ4v) is 3.03. The third-order valence-electron chi connectivity index (χ3n) is 4.92. The smallest absolute Gasteiger partial charge is 0.291 e. The number of amides is 2. The minimum Gasteiger partial charge on any atom is -0.459 e. The van der Waals surface area contributed by atoms with Gasteiger partial charge in [-0.1, -0.05) is 19.9 Å². The molecule has 2 amide bonds. The first-order chi connectivity index (χ1) is 14.5. The number of carbonyl (C=O) groups is 2. The van der Waals surface area contributed by atoms with Crippen molar-refractivity contribution in [3.63, 3.8) is 0 Å². The van der Waals surface area contributed by atoms with Crippen LogP contribution in [0.15, 0.2) is 53.4 Å². The first-order valence-electron chi connectivity index (χ1n) is 10.0. The number of nitrogens with one attached hydrogen (secondary N) is 2. The third-order valence-corrected chi connectivity index (χ3v) is 4.92. The van der Waals surface area contributed by atoms with Gasteiger partial charge in [-0.2, -0.15) is 5.10 Å². The predicted octanol–water partition coefficient (Wildman–Crippen LogP) is 3.63. The van der Waals surface area contributed by atoms with Crippen LogP contribution in [0.1, 0.15) is 40.3 Å². The Morgan fingerprint density at radius 3 is 2.63 bits per heavy atom. The van der Waals surface area contributed by atoms with Crippen molar-refractivity contribution in [2.45, 2.75) is 27.3 Å². The zero-order valence-corrected chi connectivity index (χ0v) is 17.5. The molecule has 30 heavy (non-hydrogen) atoms. The van der Waals surface area contributed by atoms with Gasteiger partial charge in [-0.15, -0.1) is 0 Å². The number of nitrogens with zero attached hydrogens (tertiary/aromatic N) is 3. The molecule has 0 atom stereocenters. The van der Waals surface area contributed by atoms with Crippen molar-refractivity contribution in [2.75, 3.05) is 30.3 Å². The van der Waals surface area contributed by atoms with Crippen LogP contribution in [-0.2, 0) is 6.54 Å². The molecule has 0 bridgehead atoms. The predicted molar refractivity (Wildman–Crippen MR) is 116 cm³/mol. The lowest BCUT2D eigenvalue weighted by Gasteiger charge is -2.17. The molecule has 0 unspecified atom stereocenters. The van der Waals surface area contributed by atoms with Crippen molar-refractivity contribution in [2.24, 2.45) is 0 Å². The molecule has 0 saturated heterocycles. The fourth-order valence-electron chi connectivity index (χ4n) is 3.03. The normalized spacial score (nSPS) is 10.9. The number of carbonyl (C=O) groups excluding carboxylic acids is 2. The van der Waals surface area contributed by atoms with Crippen LogP contribution >= 0.6 is 0 Å². The molecule has 0 spiro atoms. The lowest BCUT2D eigenvalue weighted by atomic mass is 10.1. The lowest BCUT2D eigenvalue weighted by molar-refractivity contribution is 0.0993.